The van der Waals surface area contributed by atoms with E-state index in [9.17, 15) is 13.2 Å². The lowest BCUT2D eigenvalue weighted by atomic mass is 10.0. The monoisotopic (exact) mass is 281 g/mol. The Morgan fingerprint density at radius 3 is 2.47 bits per heavy atom. The number of pyridine rings is 1. The molecule has 0 aliphatic rings. The Morgan fingerprint density at radius 1 is 1.40 bits per heavy atom. The van der Waals surface area contributed by atoms with Crippen LogP contribution in [0.2, 0.25) is 0 Å². The van der Waals surface area contributed by atoms with Gasteiger partial charge in [0.1, 0.15) is 5.69 Å². The van der Waals surface area contributed by atoms with Gasteiger partial charge in [-0.2, -0.15) is 13.2 Å². The maximum atomic E-state index is 12.4. The SMILES string of the molecule is CCC(C)c1cc(Br)cc(C(F)(F)F)n1. The summed E-state index contributed by atoms with van der Waals surface area (Å²) in [4.78, 5) is 3.62. The van der Waals surface area contributed by atoms with Crippen LogP contribution in [0.15, 0.2) is 16.6 Å². The molecule has 15 heavy (non-hydrogen) atoms. The number of rotatable bonds is 2. The average Bonchev–Trinajstić information content (AvgIpc) is 2.14. The molecule has 0 aliphatic carbocycles. The maximum Gasteiger partial charge on any atom is 0.433 e. The van der Waals surface area contributed by atoms with Crippen LogP contribution < -0.4 is 0 Å². The van der Waals surface area contributed by atoms with Crippen molar-refractivity contribution in [1.82, 2.24) is 4.98 Å². The molecule has 0 amide bonds. The van der Waals surface area contributed by atoms with Gasteiger partial charge in [0.15, 0.2) is 0 Å². The molecule has 0 aliphatic heterocycles. The first-order valence-corrected chi connectivity index (χ1v) is 5.38. The first-order valence-electron chi connectivity index (χ1n) is 4.59. The summed E-state index contributed by atoms with van der Waals surface area (Å²) < 4.78 is 37.7. The minimum absolute atomic E-state index is 0.0311. The van der Waals surface area contributed by atoms with Gasteiger partial charge in [-0.25, -0.2) is 4.98 Å². The second-order valence-corrected chi connectivity index (χ2v) is 4.32. The van der Waals surface area contributed by atoms with Crippen molar-refractivity contribution in [2.45, 2.75) is 32.4 Å². The fraction of sp³-hybridized carbons (Fsp3) is 0.500. The second-order valence-electron chi connectivity index (χ2n) is 3.40. The first kappa shape index (κ1) is 12.5. The third-order valence-corrected chi connectivity index (χ3v) is 2.68. The van der Waals surface area contributed by atoms with Crippen LogP contribution in [0.4, 0.5) is 13.2 Å². The van der Waals surface area contributed by atoms with Crippen molar-refractivity contribution < 1.29 is 13.2 Å². The summed E-state index contributed by atoms with van der Waals surface area (Å²) in [6, 6.07) is 2.62. The summed E-state index contributed by atoms with van der Waals surface area (Å²) in [6.45, 7) is 3.77. The number of hydrogen-bond donors (Lipinski definition) is 0. The van der Waals surface area contributed by atoms with Crippen molar-refractivity contribution >= 4 is 15.9 Å². The predicted molar refractivity (Wildman–Crippen MR) is 55.6 cm³/mol. The van der Waals surface area contributed by atoms with Gasteiger partial charge in [-0.15, -0.1) is 0 Å². The third-order valence-electron chi connectivity index (χ3n) is 2.22. The number of aromatic nitrogens is 1. The largest absolute Gasteiger partial charge is 0.433 e. The van der Waals surface area contributed by atoms with Crippen LogP contribution in [0.1, 0.15) is 37.6 Å². The molecule has 1 rings (SSSR count). The smallest absolute Gasteiger partial charge is 0.248 e. The van der Waals surface area contributed by atoms with E-state index in [0.29, 0.717) is 10.2 Å². The van der Waals surface area contributed by atoms with E-state index < -0.39 is 11.9 Å². The van der Waals surface area contributed by atoms with Gasteiger partial charge in [-0.3, -0.25) is 0 Å². The number of hydrogen-bond acceptors (Lipinski definition) is 1. The highest BCUT2D eigenvalue weighted by Gasteiger charge is 2.33. The average molecular weight is 282 g/mol. The molecule has 1 unspecified atom stereocenters. The summed E-state index contributed by atoms with van der Waals surface area (Å²) in [5.74, 6) is 0.0311. The standard InChI is InChI=1S/C10H11BrF3N/c1-3-6(2)8-4-7(11)5-9(15-8)10(12,13)14/h4-6H,3H2,1-2H3. The van der Waals surface area contributed by atoms with Crippen LogP contribution >= 0.6 is 15.9 Å². The van der Waals surface area contributed by atoms with Crippen molar-refractivity contribution in [1.29, 1.82) is 0 Å². The first-order chi connectivity index (χ1) is 6.84. The van der Waals surface area contributed by atoms with Gasteiger partial charge in [-0.05, 0) is 24.5 Å². The number of nitrogens with zero attached hydrogens (tertiary/aromatic N) is 1. The van der Waals surface area contributed by atoms with Crippen LogP contribution in [0, 0.1) is 0 Å². The van der Waals surface area contributed by atoms with Crippen LogP contribution in [-0.4, -0.2) is 4.98 Å². The van der Waals surface area contributed by atoms with Gasteiger partial charge in [0.25, 0.3) is 0 Å². The highest BCUT2D eigenvalue weighted by molar-refractivity contribution is 9.10. The van der Waals surface area contributed by atoms with Gasteiger partial charge >= 0.3 is 6.18 Å². The molecule has 0 fully saturated rings. The quantitative estimate of drug-likeness (QED) is 0.784. The molecule has 1 heterocycles. The zero-order chi connectivity index (χ0) is 11.6. The highest BCUT2D eigenvalue weighted by Crippen LogP contribution is 2.31. The molecule has 1 nitrogen and oxygen atoms in total. The number of alkyl halides is 3. The molecular formula is C10H11BrF3N. The molecule has 0 saturated carbocycles. The van der Waals surface area contributed by atoms with E-state index in [4.69, 9.17) is 0 Å². The zero-order valence-electron chi connectivity index (χ0n) is 8.40. The molecule has 0 spiro atoms. The van der Waals surface area contributed by atoms with Gasteiger partial charge in [0.05, 0.1) is 0 Å². The van der Waals surface area contributed by atoms with E-state index in [1.54, 1.807) is 6.07 Å². The topological polar surface area (TPSA) is 12.9 Å². The molecule has 1 aromatic heterocycles. The van der Waals surface area contributed by atoms with Crippen LogP contribution in [0.25, 0.3) is 0 Å². The van der Waals surface area contributed by atoms with E-state index >= 15 is 0 Å². The Morgan fingerprint density at radius 2 is 2.00 bits per heavy atom. The van der Waals surface area contributed by atoms with Gasteiger partial charge in [-0.1, -0.05) is 29.8 Å². The normalized spacial score (nSPS) is 14.0. The summed E-state index contributed by atoms with van der Waals surface area (Å²) in [5.41, 5.74) is -0.369. The lowest BCUT2D eigenvalue weighted by molar-refractivity contribution is -0.141. The van der Waals surface area contributed by atoms with Crippen molar-refractivity contribution in [3.63, 3.8) is 0 Å². The van der Waals surface area contributed by atoms with Gasteiger partial charge in [0, 0.05) is 10.2 Å². The predicted octanol–water partition coefficient (Wildman–Crippen LogP) is 4.38. The summed E-state index contributed by atoms with van der Waals surface area (Å²) >= 11 is 3.06. The molecule has 1 aromatic rings. The molecular weight excluding hydrogens is 271 g/mol. The van der Waals surface area contributed by atoms with Crippen molar-refractivity contribution in [3.8, 4) is 0 Å². The van der Waals surface area contributed by atoms with E-state index in [2.05, 4.69) is 20.9 Å². The Hall–Kier alpha value is -0.580. The zero-order valence-corrected chi connectivity index (χ0v) is 9.98. The van der Waals surface area contributed by atoms with Crippen LogP contribution in [0.3, 0.4) is 0 Å². The molecule has 84 valence electrons. The van der Waals surface area contributed by atoms with E-state index in [-0.39, 0.29) is 5.92 Å². The molecule has 5 heteroatoms. The Balaban J connectivity index is 3.17. The molecule has 0 N–H and O–H groups in total. The summed E-state index contributed by atoms with van der Waals surface area (Å²) in [7, 11) is 0. The molecule has 0 radical (unpaired) electrons. The van der Waals surface area contributed by atoms with E-state index in [0.717, 1.165) is 12.5 Å². The fourth-order valence-corrected chi connectivity index (χ4v) is 1.58. The minimum Gasteiger partial charge on any atom is -0.248 e. The second kappa shape index (κ2) is 4.51. The Labute approximate surface area is 94.8 Å². The van der Waals surface area contributed by atoms with Crippen LogP contribution in [0.5, 0.6) is 0 Å². The Bertz CT molecular complexity index is 349. The molecule has 1 atom stereocenters. The molecule has 0 saturated heterocycles. The molecule has 0 bridgehead atoms. The van der Waals surface area contributed by atoms with Crippen molar-refractivity contribution in [2.75, 3.05) is 0 Å². The van der Waals surface area contributed by atoms with Gasteiger partial charge < -0.3 is 0 Å². The summed E-state index contributed by atoms with van der Waals surface area (Å²) in [6.07, 6.45) is -3.62. The third kappa shape index (κ3) is 3.19. The molecule has 0 aromatic carbocycles. The van der Waals surface area contributed by atoms with E-state index in [1.165, 1.54) is 0 Å². The lowest BCUT2D eigenvalue weighted by Crippen LogP contribution is -2.10. The minimum atomic E-state index is -4.38. The summed E-state index contributed by atoms with van der Waals surface area (Å²) in [5, 5.41) is 0. The lowest BCUT2D eigenvalue weighted by Gasteiger charge is -2.12. The Kier molecular flexibility index (Phi) is 3.76. The number of halogens is 4. The fourth-order valence-electron chi connectivity index (χ4n) is 1.12. The van der Waals surface area contributed by atoms with Crippen molar-refractivity contribution in [3.05, 3.63) is 28.0 Å². The highest BCUT2D eigenvalue weighted by atomic mass is 79.9. The maximum absolute atomic E-state index is 12.4. The van der Waals surface area contributed by atoms with Gasteiger partial charge in [0.2, 0.25) is 0 Å². The van der Waals surface area contributed by atoms with E-state index in [1.807, 2.05) is 13.8 Å². The van der Waals surface area contributed by atoms with Crippen molar-refractivity contribution in [2.24, 2.45) is 0 Å². The van der Waals surface area contributed by atoms with Crippen LogP contribution in [-0.2, 0) is 6.18 Å².